The number of nitrogens with one attached hydrogen (secondary N) is 1. The summed E-state index contributed by atoms with van der Waals surface area (Å²) >= 11 is 1.53. The van der Waals surface area contributed by atoms with Crippen molar-refractivity contribution < 1.29 is 38.3 Å². The van der Waals surface area contributed by atoms with E-state index in [-0.39, 0.29) is 30.1 Å². The number of amides is 1. The van der Waals surface area contributed by atoms with E-state index >= 15 is 0 Å². The molecule has 0 fully saturated rings. The predicted molar refractivity (Wildman–Crippen MR) is 98.5 cm³/mol. The van der Waals surface area contributed by atoms with Crippen LogP contribution < -0.4 is 34.0 Å². The number of nitrogens with zero attached hydrogens (tertiary/aromatic N) is 1. The summed E-state index contributed by atoms with van der Waals surface area (Å²) in [5.74, 6) is -1.56. The van der Waals surface area contributed by atoms with Gasteiger partial charge in [-0.2, -0.15) is 5.26 Å². The average molecular weight is 384 g/mol. The molecular weight excluding hydrogens is 371 g/mol. The van der Waals surface area contributed by atoms with Crippen LogP contribution in [-0.2, 0) is 6.61 Å². The summed E-state index contributed by atoms with van der Waals surface area (Å²) in [6.45, 7) is 0.321. The quantitative estimate of drug-likeness (QED) is 0.594. The Balaban J connectivity index is 0.00000280. The van der Waals surface area contributed by atoms with Gasteiger partial charge in [0.1, 0.15) is 12.4 Å². The van der Waals surface area contributed by atoms with Crippen molar-refractivity contribution in [2.45, 2.75) is 6.61 Å². The molecule has 0 aliphatic heterocycles. The topological polar surface area (TPSA) is 102 Å². The Kier molecular flexibility index (Phi) is 7.42. The number of nitriles is 1. The number of rotatable bonds is 6. The van der Waals surface area contributed by atoms with Crippen LogP contribution in [0.2, 0.25) is 0 Å². The van der Waals surface area contributed by atoms with Crippen molar-refractivity contribution in [2.24, 2.45) is 0 Å². The molecule has 0 aliphatic rings. The Bertz CT molecular complexity index is 1010. The van der Waals surface area contributed by atoms with Crippen molar-refractivity contribution in [1.82, 2.24) is 0 Å². The number of benzene rings is 2. The summed E-state index contributed by atoms with van der Waals surface area (Å²) in [5, 5.41) is 24.7. The first kappa shape index (κ1) is 21.3. The monoisotopic (exact) mass is 384 g/mol. The fourth-order valence-corrected chi connectivity index (χ4v) is 2.95. The maximum Gasteiger partial charge on any atom is 1.00 e. The van der Waals surface area contributed by atoms with E-state index in [2.05, 4.69) is 5.32 Å². The number of anilines is 1. The second-order valence-electron chi connectivity index (χ2n) is 5.51. The minimum atomic E-state index is -1.42. The Labute approximate surface area is 177 Å². The first-order valence-electron chi connectivity index (χ1n) is 7.89. The number of hydrogen-bond donors (Lipinski definition) is 1. The third-order valence-corrected chi connectivity index (χ3v) is 4.55. The van der Waals surface area contributed by atoms with Gasteiger partial charge in [0, 0.05) is 16.0 Å². The first-order chi connectivity index (χ1) is 13.1. The maximum atomic E-state index is 12.3. The molecule has 1 amide bonds. The average Bonchev–Trinajstić information content (AvgIpc) is 3.20. The first-order valence-corrected chi connectivity index (χ1v) is 8.77. The van der Waals surface area contributed by atoms with Crippen LogP contribution in [-0.4, -0.2) is 11.9 Å². The SMILES string of the molecule is N#Cc1ccc(C(=O)Nc2ccc(OCc3cccs3)cc2C(=O)[O-])cc1.[Li+]. The molecule has 1 N–H and O–H groups in total. The predicted octanol–water partition coefficient (Wildman–Crippen LogP) is -0.181. The van der Waals surface area contributed by atoms with Gasteiger partial charge in [-0.15, -0.1) is 11.3 Å². The molecule has 134 valence electrons. The molecule has 1 aromatic heterocycles. The zero-order chi connectivity index (χ0) is 19.2. The van der Waals surface area contributed by atoms with Crippen molar-refractivity contribution in [3.63, 3.8) is 0 Å². The van der Waals surface area contributed by atoms with Crippen LogP contribution in [0.4, 0.5) is 5.69 Å². The zero-order valence-electron chi connectivity index (χ0n) is 15.0. The Morgan fingerprint density at radius 2 is 1.89 bits per heavy atom. The van der Waals surface area contributed by atoms with Crippen molar-refractivity contribution in [1.29, 1.82) is 5.26 Å². The number of carboxylic acid groups (broad SMARTS) is 1. The smallest absolute Gasteiger partial charge is 0.545 e. The summed E-state index contributed by atoms with van der Waals surface area (Å²) in [5.41, 5.74) is 0.652. The third-order valence-electron chi connectivity index (χ3n) is 3.70. The largest absolute Gasteiger partial charge is 1.00 e. The zero-order valence-corrected chi connectivity index (χ0v) is 15.8. The summed E-state index contributed by atoms with van der Waals surface area (Å²) in [6.07, 6.45) is 0. The van der Waals surface area contributed by atoms with Gasteiger partial charge in [-0.05, 0) is 53.9 Å². The summed E-state index contributed by atoms with van der Waals surface area (Å²) in [6, 6.07) is 16.1. The second-order valence-corrected chi connectivity index (χ2v) is 6.54. The van der Waals surface area contributed by atoms with Crippen LogP contribution in [0.15, 0.2) is 60.0 Å². The molecule has 6 nitrogen and oxygen atoms in total. The van der Waals surface area contributed by atoms with Crippen LogP contribution in [0.3, 0.4) is 0 Å². The number of aromatic carboxylic acids is 1. The number of ether oxygens (including phenoxy) is 1. The number of carbonyl (C=O) groups is 2. The van der Waals surface area contributed by atoms with Crippen molar-refractivity contribution in [3.8, 4) is 11.8 Å². The molecule has 3 aromatic rings. The van der Waals surface area contributed by atoms with Gasteiger partial charge in [0.2, 0.25) is 0 Å². The molecule has 2 aromatic carbocycles. The van der Waals surface area contributed by atoms with Gasteiger partial charge < -0.3 is 20.0 Å². The van der Waals surface area contributed by atoms with E-state index in [0.717, 1.165) is 4.88 Å². The normalized spacial score (nSPS) is 9.68. The minimum absolute atomic E-state index is 0. The Morgan fingerprint density at radius 3 is 2.50 bits per heavy atom. The molecule has 3 rings (SSSR count). The van der Waals surface area contributed by atoms with E-state index in [1.54, 1.807) is 6.07 Å². The van der Waals surface area contributed by atoms with Gasteiger partial charge in [0.05, 0.1) is 23.3 Å². The molecule has 0 bridgehead atoms. The molecule has 0 unspecified atom stereocenters. The summed E-state index contributed by atoms with van der Waals surface area (Å²) in [7, 11) is 0. The molecule has 1 heterocycles. The third kappa shape index (κ3) is 5.25. The molecule has 28 heavy (non-hydrogen) atoms. The van der Waals surface area contributed by atoms with Crippen molar-refractivity contribution in [2.75, 3.05) is 5.32 Å². The van der Waals surface area contributed by atoms with Gasteiger partial charge >= 0.3 is 18.9 Å². The standard InChI is InChI=1S/C20H14N2O4S.Li/c21-11-13-3-5-14(6-4-13)19(23)22-18-8-7-15(10-17(18)20(24)25)26-12-16-2-1-9-27-16;/h1-10H,12H2,(H,22,23)(H,24,25);/q;+1/p-1. The Morgan fingerprint density at radius 1 is 1.14 bits per heavy atom. The van der Waals surface area contributed by atoms with Crippen molar-refractivity contribution in [3.05, 3.63) is 81.5 Å². The van der Waals surface area contributed by atoms with E-state index in [9.17, 15) is 14.7 Å². The van der Waals surface area contributed by atoms with Crippen LogP contribution in [0.1, 0.15) is 31.2 Å². The molecule has 8 heteroatoms. The summed E-state index contributed by atoms with van der Waals surface area (Å²) < 4.78 is 5.59. The minimum Gasteiger partial charge on any atom is -0.545 e. The van der Waals surface area contributed by atoms with Gasteiger partial charge in [0.15, 0.2) is 0 Å². The fourth-order valence-electron chi connectivity index (χ4n) is 2.33. The van der Waals surface area contributed by atoms with E-state index in [0.29, 0.717) is 23.5 Å². The number of thiophene rings is 1. The van der Waals surface area contributed by atoms with Gasteiger partial charge in [0.25, 0.3) is 5.91 Å². The number of carboxylic acids is 1. The molecule has 0 spiro atoms. The fraction of sp³-hybridized carbons (Fsp3) is 0.0500. The van der Waals surface area contributed by atoms with Crippen LogP contribution >= 0.6 is 11.3 Å². The summed E-state index contributed by atoms with van der Waals surface area (Å²) in [4.78, 5) is 24.8. The molecule has 0 atom stereocenters. The van der Waals surface area contributed by atoms with Gasteiger partial charge in [-0.25, -0.2) is 0 Å². The van der Waals surface area contributed by atoms with E-state index in [1.807, 2.05) is 23.6 Å². The van der Waals surface area contributed by atoms with Gasteiger partial charge in [-0.3, -0.25) is 4.79 Å². The van der Waals surface area contributed by atoms with Crippen LogP contribution in [0.25, 0.3) is 0 Å². The van der Waals surface area contributed by atoms with Crippen molar-refractivity contribution >= 4 is 28.9 Å². The van der Waals surface area contributed by atoms with E-state index in [1.165, 1.54) is 47.7 Å². The molecule has 0 saturated carbocycles. The molecule has 0 saturated heterocycles. The van der Waals surface area contributed by atoms with E-state index < -0.39 is 11.9 Å². The van der Waals surface area contributed by atoms with Crippen LogP contribution in [0, 0.1) is 11.3 Å². The number of carbonyl (C=O) groups excluding carboxylic acids is 2. The molecule has 0 aliphatic carbocycles. The number of hydrogen-bond acceptors (Lipinski definition) is 6. The van der Waals surface area contributed by atoms with E-state index in [4.69, 9.17) is 10.00 Å². The molecular formula is C20H13LiN2O4S. The van der Waals surface area contributed by atoms with Gasteiger partial charge in [-0.1, -0.05) is 6.07 Å². The maximum absolute atomic E-state index is 12.3. The molecule has 0 radical (unpaired) electrons. The Hall–Kier alpha value is -3.03. The second kappa shape index (κ2) is 9.77. The van der Waals surface area contributed by atoms with Crippen LogP contribution in [0.5, 0.6) is 5.75 Å².